The van der Waals surface area contributed by atoms with Gasteiger partial charge in [-0.1, -0.05) is 24.3 Å². The van der Waals surface area contributed by atoms with Gasteiger partial charge in [-0.15, -0.1) is 0 Å². The summed E-state index contributed by atoms with van der Waals surface area (Å²) in [5, 5.41) is 5.25. The Morgan fingerprint density at radius 1 is 1.03 bits per heavy atom. The van der Waals surface area contributed by atoms with Gasteiger partial charge in [0, 0.05) is 23.7 Å². The Kier molecular flexibility index (Phi) is 6.24. The van der Waals surface area contributed by atoms with Crippen LogP contribution in [0.3, 0.4) is 0 Å². The molecule has 1 aromatic heterocycles. The molecule has 3 rings (SSSR count). The first-order chi connectivity index (χ1) is 13.9. The van der Waals surface area contributed by atoms with Gasteiger partial charge >= 0.3 is 0 Å². The fourth-order valence-electron chi connectivity index (χ4n) is 2.66. The molecule has 0 bridgehead atoms. The highest BCUT2D eigenvalue weighted by molar-refractivity contribution is 6.05. The molecule has 148 valence electrons. The highest BCUT2D eigenvalue weighted by atomic mass is 19.1. The summed E-state index contributed by atoms with van der Waals surface area (Å²) in [5.74, 6) is -0.987. The Labute approximate surface area is 168 Å². The molecule has 0 fully saturated rings. The van der Waals surface area contributed by atoms with Crippen molar-refractivity contribution >= 4 is 17.9 Å². The average Bonchev–Trinajstić information content (AvgIpc) is 3.21. The highest BCUT2D eigenvalue weighted by Gasteiger charge is 2.16. The van der Waals surface area contributed by atoms with Gasteiger partial charge in [0.2, 0.25) is 0 Å². The van der Waals surface area contributed by atoms with E-state index in [0.29, 0.717) is 16.9 Å². The lowest BCUT2D eigenvalue weighted by Gasteiger charge is -2.12. The normalized spacial score (nSPS) is 11.2. The number of carbonyl (C=O) groups is 2. The van der Waals surface area contributed by atoms with E-state index in [1.165, 1.54) is 18.4 Å². The predicted molar refractivity (Wildman–Crippen MR) is 108 cm³/mol. The van der Waals surface area contributed by atoms with Gasteiger partial charge in [0.05, 0.1) is 6.26 Å². The Hall–Kier alpha value is -3.67. The quantitative estimate of drug-likeness (QED) is 0.620. The molecule has 0 aliphatic heterocycles. The number of benzene rings is 2. The molecule has 29 heavy (non-hydrogen) atoms. The molecule has 6 heteroatoms. The maximum Gasteiger partial charge on any atom is 0.268 e. The minimum absolute atomic E-state index is 0.000447. The Morgan fingerprint density at radius 3 is 2.52 bits per heavy atom. The molecule has 0 saturated carbocycles. The molecule has 0 aliphatic rings. The molecule has 3 aromatic rings. The van der Waals surface area contributed by atoms with Gasteiger partial charge < -0.3 is 15.1 Å². The average molecular weight is 392 g/mol. The molecule has 1 heterocycles. The number of furan rings is 1. The van der Waals surface area contributed by atoms with E-state index in [4.69, 9.17) is 4.42 Å². The summed E-state index contributed by atoms with van der Waals surface area (Å²) < 4.78 is 19.0. The van der Waals surface area contributed by atoms with Crippen LogP contribution in [0.2, 0.25) is 0 Å². The van der Waals surface area contributed by atoms with Crippen molar-refractivity contribution in [2.24, 2.45) is 0 Å². The van der Waals surface area contributed by atoms with E-state index in [-0.39, 0.29) is 12.2 Å². The summed E-state index contributed by atoms with van der Waals surface area (Å²) in [6.07, 6.45) is 2.89. The van der Waals surface area contributed by atoms with Gasteiger partial charge in [0.1, 0.15) is 17.3 Å². The van der Waals surface area contributed by atoms with Crippen molar-refractivity contribution < 1.29 is 18.4 Å². The lowest BCUT2D eigenvalue weighted by Crippen LogP contribution is -2.34. The molecule has 0 atom stereocenters. The van der Waals surface area contributed by atoms with Gasteiger partial charge in [0.25, 0.3) is 11.8 Å². The summed E-state index contributed by atoms with van der Waals surface area (Å²) >= 11 is 0. The lowest BCUT2D eigenvalue weighted by molar-refractivity contribution is -0.117. The van der Waals surface area contributed by atoms with Crippen LogP contribution >= 0.6 is 0 Å². The van der Waals surface area contributed by atoms with Crippen molar-refractivity contribution in [3.8, 4) is 0 Å². The number of amides is 2. The van der Waals surface area contributed by atoms with E-state index in [1.54, 1.807) is 42.5 Å². The van der Waals surface area contributed by atoms with Crippen molar-refractivity contribution in [1.82, 2.24) is 10.6 Å². The van der Waals surface area contributed by atoms with Crippen LogP contribution in [0.5, 0.6) is 0 Å². The topological polar surface area (TPSA) is 71.3 Å². The molecule has 5 nitrogen and oxygen atoms in total. The van der Waals surface area contributed by atoms with Crippen molar-refractivity contribution in [3.63, 3.8) is 0 Å². The van der Waals surface area contributed by atoms with Crippen LogP contribution in [0.25, 0.3) is 6.08 Å². The third kappa shape index (κ3) is 5.19. The number of rotatable bonds is 6. The zero-order valence-electron chi connectivity index (χ0n) is 16.2. The fraction of sp³-hybridized carbons (Fsp3) is 0.130. The number of nitrogens with one attached hydrogen (secondary N) is 2. The minimum atomic E-state index is -0.554. The Bertz CT molecular complexity index is 1060. The maximum absolute atomic E-state index is 13.8. The smallest absolute Gasteiger partial charge is 0.268 e. The zero-order chi connectivity index (χ0) is 20.8. The first-order valence-electron chi connectivity index (χ1n) is 9.09. The van der Waals surface area contributed by atoms with Crippen LogP contribution in [0.1, 0.15) is 32.8 Å². The van der Waals surface area contributed by atoms with Crippen LogP contribution in [-0.2, 0) is 11.3 Å². The van der Waals surface area contributed by atoms with Gasteiger partial charge in [-0.25, -0.2) is 4.39 Å². The van der Waals surface area contributed by atoms with Crippen molar-refractivity contribution in [1.29, 1.82) is 0 Å². The second-order valence-electron chi connectivity index (χ2n) is 6.60. The molecule has 2 amide bonds. The predicted octanol–water partition coefficient (Wildman–Crippen LogP) is 4.12. The van der Waals surface area contributed by atoms with Crippen LogP contribution in [0, 0.1) is 19.7 Å². The van der Waals surface area contributed by atoms with E-state index in [1.807, 2.05) is 19.9 Å². The number of hydrogen-bond donors (Lipinski definition) is 2. The third-order valence-corrected chi connectivity index (χ3v) is 4.49. The molecule has 0 aliphatic carbocycles. The van der Waals surface area contributed by atoms with Gasteiger partial charge in [-0.05, 0) is 55.3 Å². The number of carbonyl (C=O) groups excluding carboxylic acids is 2. The Morgan fingerprint density at radius 2 is 1.83 bits per heavy atom. The SMILES string of the molecule is Cc1ccc(C(=O)NC(=Cc2ccco2)C(=O)NCc2ccccc2F)cc1C. The lowest BCUT2D eigenvalue weighted by atomic mass is 10.1. The standard InChI is InChI=1S/C23H21FN2O3/c1-15-9-10-17(12-16(15)2)22(27)26-21(13-19-7-5-11-29-19)23(28)25-14-18-6-3-4-8-20(18)24/h3-13H,14H2,1-2H3,(H,25,28)(H,26,27). The van der Waals surface area contributed by atoms with Gasteiger partial charge in [-0.3, -0.25) is 9.59 Å². The minimum Gasteiger partial charge on any atom is -0.465 e. The van der Waals surface area contributed by atoms with Crippen molar-refractivity contribution in [2.45, 2.75) is 20.4 Å². The van der Waals surface area contributed by atoms with E-state index < -0.39 is 17.6 Å². The summed E-state index contributed by atoms with van der Waals surface area (Å²) in [6, 6.07) is 14.8. The Balaban J connectivity index is 1.79. The zero-order valence-corrected chi connectivity index (χ0v) is 16.2. The third-order valence-electron chi connectivity index (χ3n) is 4.49. The summed E-state index contributed by atoms with van der Waals surface area (Å²) in [4.78, 5) is 25.3. The molecule has 0 radical (unpaired) electrons. The summed E-state index contributed by atoms with van der Waals surface area (Å²) in [7, 11) is 0. The first-order valence-corrected chi connectivity index (χ1v) is 9.09. The number of halogens is 1. The summed E-state index contributed by atoms with van der Waals surface area (Å²) in [5.41, 5.74) is 2.81. The van der Waals surface area contributed by atoms with Gasteiger partial charge in [0.15, 0.2) is 0 Å². The first kappa shape index (κ1) is 20.1. The molecule has 2 N–H and O–H groups in total. The number of hydrogen-bond acceptors (Lipinski definition) is 3. The van der Waals surface area contributed by atoms with E-state index in [9.17, 15) is 14.0 Å². The second kappa shape index (κ2) is 9.01. The molecule has 0 unspecified atom stereocenters. The molecular formula is C23H21FN2O3. The van der Waals surface area contributed by atoms with E-state index >= 15 is 0 Å². The molecular weight excluding hydrogens is 371 g/mol. The molecule has 2 aromatic carbocycles. The second-order valence-corrected chi connectivity index (χ2v) is 6.60. The van der Waals surface area contributed by atoms with E-state index in [0.717, 1.165) is 11.1 Å². The molecule has 0 saturated heterocycles. The summed E-state index contributed by atoms with van der Waals surface area (Å²) in [6.45, 7) is 3.85. The van der Waals surface area contributed by atoms with Crippen molar-refractivity contribution in [2.75, 3.05) is 0 Å². The van der Waals surface area contributed by atoms with Crippen LogP contribution in [0.15, 0.2) is 71.0 Å². The van der Waals surface area contributed by atoms with E-state index in [2.05, 4.69) is 10.6 Å². The highest BCUT2D eigenvalue weighted by Crippen LogP contribution is 2.12. The van der Waals surface area contributed by atoms with Crippen LogP contribution in [-0.4, -0.2) is 11.8 Å². The number of aryl methyl sites for hydroxylation is 2. The monoisotopic (exact) mass is 392 g/mol. The van der Waals surface area contributed by atoms with Crippen LogP contribution in [0.4, 0.5) is 4.39 Å². The van der Waals surface area contributed by atoms with Crippen molar-refractivity contribution in [3.05, 3.63) is 100 Å². The largest absolute Gasteiger partial charge is 0.465 e. The molecule has 0 spiro atoms. The maximum atomic E-state index is 13.8. The van der Waals surface area contributed by atoms with Gasteiger partial charge in [-0.2, -0.15) is 0 Å². The fourth-order valence-corrected chi connectivity index (χ4v) is 2.66. The van der Waals surface area contributed by atoms with Crippen LogP contribution < -0.4 is 10.6 Å².